The second kappa shape index (κ2) is 6.91. The van der Waals surface area contributed by atoms with Gasteiger partial charge >= 0.3 is 12.3 Å². The number of halogens is 4. The van der Waals surface area contributed by atoms with Gasteiger partial charge in [0.05, 0.1) is 13.1 Å². The summed E-state index contributed by atoms with van der Waals surface area (Å²) in [7, 11) is 1.47. The van der Waals surface area contributed by atoms with Gasteiger partial charge in [-0.15, -0.1) is 0 Å². The molecule has 0 N–H and O–H groups in total. The van der Waals surface area contributed by atoms with Crippen molar-refractivity contribution < 1.29 is 36.7 Å². The van der Waals surface area contributed by atoms with Gasteiger partial charge in [0.1, 0.15) is 19.3 Å². The lowest BCUT2D eigenvalue weighted by atomic mass is 10.1. The fourth-order valence-corrected chi connectivity index (χ4v) is 2.57. The highest BCUT2D eigenvalue weighted by atomic mass is 19.3. The standard InChI is InChI=1S/C13H17F4N3O4/c1-18-5-9(21)20-3-2-19(4-8(20)11(18)23)10(22)6-24-7-13(16,17)12(14)15/h8,12H,2-7H2,1H3. The van der Waals surface area contributed by atoms with Crippen molar-refractivity contribution in [1.82, 2.24) is 14.7 Å². The van der Waals surface area contributed by atoms with Gasteiger partial charge in [-0.05, 0) is 0 Å². The number of hydrogen-bond acceptors (Lipinski definition) is 4. The Morgan fingerprint density at radius 1 is 1.33 bits per heavy atom. The van der Waals surface area contributed by atoms with Gasteiger partial charge in [-0.3, -0.25) is 14.4 Å². The van der Waals surface area contributed by atoms with E-state index in [9.17, 15) is 31.9 Å². The monoisotopic (exact) mass is 355 g/mol. The van der Waals surface area contributed by atoms with Gasteiger partial charge in [-0.1, -0.05) is 0 Å². The van der Waals surface area contributed by atoms with E-state index in [1.165, 1.54) is 21.7 Å². The van der Waals surface area contributed by atoms with E-state index in [1.54, 1.807) is 0 Å². The summed E-state index contributed by atoms with van der Waals surface area (Å²) in [6.07, 6.45) is -3.88. The van der Waals surface area contributed by atoms with Crippen LogP contribution in [0.25, 0.3) is 0 Å². The predicted octanol–water partition coefficient (Wildman–Crippen LogP) is -0.585. The molecule has 2 fully saturated rings. The van der Waals surface area contributed by atoms with Crippen molar-refractivity contribution in [3.63, 3.8) is 0 Å². The third kappa shape index (κ3) is 3.77. The summed E-state index contributed by atoms with van der Waals surface area (Å²) in [6.45, 7) is -2.22. The molecule has 3 amide bonds. The van der Waals surface area contributed by atoms with Crippen molar-refractivity contribution in [3.05, 3.63) is 0 Å². The molecule has 0 saturated carbocycles. The van der Waals surface area contributed by atoms with Crippen LogP contribution in [-0.4, -0.2) is 97.3 Å². The summed E-state index contributed by atoms with van der Waals surface area (Å²) in [5, 5.41) is 0. The Bertz CT molecular complexity index is 531. The Balaban J connectivity index is 1.88. The zero-order valence-corrected chi connectivity index (χ0v) is 12.9. The molecule has 2 heterocycles. The number of likely N-dealkylation sites (N-methyl/N-ethyl adjacent to an activating group) is 1. The molecule has 0 spiro atoms. The summed E-state index contributed by atoms with van der Waals surface area (Å²) >= 11 is 0. The van der Waals surface area contributed by atoms with Crippen molar-refractivity contribution in [3.8, 4) is 0 Å². The van der Waals surface area contributed by atoms with E-state index in [2.05, 4.69) is 4.74 Å². The van der Waals surface area contributed by atoms with Gasteiger partial charge in [-0.2, -0.15) is 8.78 Å². The number of nitrogens with zero attached hydrogens (tertiary/aromatic N) is 3. The molecule has 1 atom stereocenters. The van der Waals surface area contributed by atoms with Crippen LogP contribution in [0.2, 0.25) is 0 Å². The molecule has 0 aliphatic carbocycles. The first-order valence-electron chi connectivity index (χ1n) is 7.19. The van der Waals surface area contributed by atoms with Crippen molar-refractivity contribution in [2.45, 2.75) is 18.4 Å². The molecule has 136 valence electrons. The van der Waals surface area contributed by atoms with E-state index in [1.807, 2.05) is 0 Å². The molecule has 1 unspecified atom stereocenters. The minimum atomic E-state index is -4.33. The van der Waals surface area contributed by atoms with Crippen LogP contribution >= 0.6 is 0 Å². The highest BCUT2D eigenvalue weighted by molar-refractivity contribution is 5.95. The Labute approximate surface area is 135 Å². The molecule has 7 nitrogen and oxygen atoms in total. The quantitative estimate of drug-likeness (QED) is 0.619. The lowest BCUT2D eigenvalue weighted by Crippen LogP contribution is -2.66. The normalized spacial score (nSPS) is 22.2. The average Bonchev–Trinajstić information content (AvgIpc) is 2.51. The maximum atomic E-state index is 12.7. The first kappa shape index (κ1) is 18.4. The molecular weight excluding hydrogens is 338 g/mol. The predicted molar refractivity (Wildman–Crippen MR) is 71.5 cm³/mol. The van der Waals surface area contributed by atoms with E-state index in [0.717, 1.165) is 0 Å². The number of alkyl halides is 4. The van der Waals surface area contributed by atoms with Gasteiger partial charge in [0, 0.05) is 20.1 Å². The molecule has 2 aliphatic rings. The lowest BCUT2D eigenvalue weighted by molar-refractivity contribution is -0.173. The molecule has 0 aromatic heterocycles. The van der Waals surface area contributed by atoms with Crippen LogP contribution < -0.4 is 0 Å². The van der Waals surface area contributed by atoms with E-state index in [4.69, 9.17) is 0 Å². The van der Waals surface area contributed by atoms with Crippen molar-refractivity contribution in [1.29, 1.82) is 0 Å². The second-order valence-corrected chi connectivity index (χ2v) is 5.69. The number of carbonyl (C=O) groups is 3. The molecule has 2 rings (SSSR count). The number of piperazine rings is 2. The van der Waals surface area contributed by atoms with E-state index in [-0.39, 0.29) is 38.0 Å². The third-order valence-electron chi connectivity index (χ3n) is 3.93. The fourth-order valence-electron chi connectivity index (χ4n) is 2.57. The summed E-state index contributed by atoms with van der Waals surface area (Å²) < 4.78 is 53.8. The summed E-state index contributed by atoms with van der Waals surface area (Å²) in [4.78, 5) is 39.7. The number of carbonyl (C=O) groups excluding carboxylic acids is 3. The Morgan fingerprint density at radius 3 is 2.62 bits per heavy atom. The molecule has 2 saturated heterocycles. The minimum absolute atomic E-state index is 0.0326. The molecular formula is C13H17F4N3O4. The average molecular weight is 355 g/mol. The van der Waals surface area contributed by atoms with Crippen molar-refractivity contribution in [2.75, 3.05) is 46.4 Å². The minimum Gasteiger partial charge on any atom is -0.365 e. The molecule has 0 bridgehead atoms. The molecule has 2 aliphatic heterocycles. The first-order valence-corrected chi connectivity index (χ1v) is 7.19. The van der Waals surface area contributed by atoms with Gasteiger partial charge in [0.2, 0.25) is 17.7 Å². The fraction of sp³-hybridized carbons (Fsp3) is 0.769. The van der Waals surface area contributed by atoms with Crippen molar-refractivity contribution >= 4 is 17.7 Å². The van der Waals surface area contributed by atoms with Gasteiger partial charge in [0.25, 0.3) is 0 Å². The lowest BCUT2D eigenvalue weighted by Gasteiger charge is -2.45. The van der Waals surface area contributed by atoms with E-state index in [0.29, 0.717) is 0 Å². The maximum absolute atomic E-state index is 12.7. The summed E-state index contributed by atoms with van der Waals surface area (Å²) in [6, 6.07) is -0.823. The summed E-state index contributed by atoms with van der Waals surface area (Å²) in [5.74, 6) is -5.58. The van der Waals surface area contributed by atoms with Crippen molar-refractivity contribution in [2.24, 2.45) is 0 Å². The number of amides is 3. The van der Waals surface area contributed by atoms with Gasteiger partial charge in [-0.25, -0.2) is 8.78 Å². The smallest absolute Gasteiger partial charge is 0.330 e. The van der Waals surface area contributed by atoms with Crippen LogP contribution in [0.1, 0.15) is 0 Å². The van der Waals surface area contributed by atoms with Gasteiger partial charge in [0.15, 0.2) is 0 Å². The topological polar surface area (TPSA) is 70.2 Å². The van der Waals surface area contributed by atoms with Crippen LogP contribution in [0.5, 0.6) is 0 Å². The zero-order chi connectivity index (χ0) is 18.1. The SMILES string of the molecule is CN1CC(=O)N2CCN(C(=O)COCC(F)(F)C(F)F)CC2C1=O. The summed E-state index contributed by atoms with van der Waals surface area (Å²) in [5.41, 5.74) is 0. The number of ether oxygens (including phenoxy) is 1. The highest BCUT2D eigenvalue weighted by Gasteiger charge is 2.43. The van der Waals surface area contributed by atoms with E-state index >= 15 is 0 Å². The molecule has 0 aromatic carbocycles. The van der Waals surface area contributed by atoms with Gasteiger partial charge < -0.3 is 19.4 Å². The Hall–Kier alpha value is -1.91. The molecule has 11 heteroatoms. The third-order valence-corrected chi connectivity index (χ3v) is 3.93. The van der Waals surface area contributed by atoms with Crippen LogP contribution in [0.3, 0.4) is 0 Å². The van der Waals surface area contributed by atoms with Crippen LogP contribution in [0.15, 0.2) is 0 Å². The van der Waals surface area contributed by atoms with Crippen LogP contribution in [0.4, 0.5) is 17.6 Å². The molecule has 0 aromatic rings. The Morgan fingerprint density at radius 2 is 2.00 bits per heavy atom. The van der Waals surface area contributed by atoms with E-state index < -0.39 is 37.5 Å². The highest BCUT2D eigenvalue weighted by Crippen LogP contribution is 2.23. The molecule has 24 heavy (non-hydrogen) atoms. The molecule has 0 radical (unpaired) electrons. The number of rotatable bonds is 5. The zero-order valence-electron chi connectivity index (χ0n) is 12.9. The second-order valence-electron chi connectivity index (χ2n) is 5.69. The largest absolute Gasteiger partial charge is 0.365 e. The number of fused-ring (bicyclic) bond motifs is 1. The first-order chi connectivity index (χ1) is 11.1. The number of hydrogen-bond donors (Lipinski definition) is 0. The Kier molecular flexibility index (Phi) is 5.31. The van der Waals surface area contributed by atoms with Crippen LogP contribution in [0, 0.1) is 0 Å². The maximum Gasteiger partial charge on any atom is 0.330 e. The van der Waals surface area contributed by atoms with Crippen LogP contribution in [-0.2, 0) is 19.1 Å².